The van der Waals surface area contributed by atoms with Crippen LogP contribution < -0.4 is 0 Å². The molecular weight excluding hydrogens is 154 g/mol. The van der Waals surface area contributed by atoms with E-state index in [-0.39, 0.29) is 5.41 Å². The van der Waals surface area contributed by atoms with Gasteiger partial charge < -0.3 is 0 Å². The zero-order chi connectivity index (χ0) is 8.91. The molecule has 0 heterocycles. The minimum absolute atomic E-state index is 0.0903. The lowest BCUT2D eigenvalue weighted by Gasteiger charge is -2.18. The van der Waals surface area contributed by atoms with Crippen LogP contribution in [0.15, 0.2) is 29.8 Å². The zero-order valence-corrected chi connectivity index (χ0v) is 8.24. The van der Waals surface area contributed by atoms with Gasteiger partial charge in [-0.25, -0.2) is 0 Å². The largest absolute Gasteiger partial charge is 0.254 e. The molecule has 0 saturated heterocycles. The third-order valence-corrected chi connectivity index (χ3v) is 2.15. The predicted molar refractivity (Wildman–Crippen MR) is 54.9 cm³/mol. The topological polar surface area (TPSA) is 12.4 Å². The number of nitrogens with zero attached hydrogens (tertiary/aromatic N) is 1. The fourth-order valence-corrected chi connectivity index (χ4v) is 1.21. The normalized spacial score (nSPS) is 12.8. The maximum absolute atomic E-state index is 4.16. The Labute approximate surface area is 73.3 Å². The van der Waals surface area contributed by atoms with Gasteiger partial charge in [-0.15, -0.1) is 0 Å². The summed E-state index contributed by atoms with van der Waals surface area (Å²) in [4.78, 5) is 4.16. The first-order valence-corrected chi connectivity index (χ1v) is 4.37. The summed E-state index contributed by atoms with van der Waals surface area (Å²) in [5, 5.41) is 2.83. The van der Waals surface area contributed by atoms with Crippen molar-refractivity contribution in [3.05, 3.63) is 24.8 Å². The molecule has 62 valence electrons. The van der Waals surface area contributed by atoms with Crippen molar-refractivity contribution in [2.24, 2.45) is 10.4 Å². The van der Waals surface area contributed by atoms with Crippen LogP contribution in [0.3, 0.4) is 0 Å². The van der Waals surface area contributed by atoms with Crippen molar-refractivity contribution >= 4 is 16.8 Å². The smallest absolute Gasteiger partial charge is 0.0826 e. The SMILES string of the molecule is C=C/N=C(\SC=C)C(C)(C)C. The van der Waals surface area contributed by atoms with Gasteiger partial charge in [-0.3, -0.25) is 4.99 Å². The molecule has 0 radical (unpaired) electrons. The van der Waals surface area contributed by atoms with Crippen molar-refractivity contribution < 1.29 is 0 Å². The van der Waals surface area contributed by atoms with Crippen LogP contribution in [0.1, 0.15) is 20.8 Å². The highest BCUT2D eigenvalue weighted by Crippen LogP contribution is 2.25. The van der Waals surface area contributed by atoms with E-state index < -0.39 is 0 Å². The second-order valence-electron chi connectivity index (χ2n) is 3.15. The molecule has 0 aliphatic rings. The maximum atomic E-state index is 4.16. The van der Waals surface area contributed by atoms with Crippen LogP contribution in [0.25, 0.3) is 0 Å². The van der Waals surface area contributed by atoms with Gasteiger partial charge in [0.1, 0.15) is 0 Å². The Morgan fingerprint density at radius 1 is 1.36 bits per heavy atom. The van der Waals surface area contributed by atoms with Crippen molar-refractivity contribution in [3.63, 3.8) is 0 Å². The Morgan fingerprint density at radius 3 is 2.18 bits per heavy atom. The van der Waals surface area contributed by atoms with Crippen LogP contribution in [-0.2, 0) is 0 Å². The van der Waals surface area contributed by atoms with Gasteiger partial charge in [0.05, 0.1) is 5.04 Å². The van der Waals surface area contributed by atoms with E-state index in [1.165, 1.54) is 0 Å². The first-order valence-electron chi connectivity index (χ1n) is 3.49. The van der Waals surface area contributed by atoms with Crippen LogP contribution in [-0.4, -0.2) is 5.04 Å². The highest BCUT2D eigenvalue weighted by molar-refractivity contribution is 8.16. The summed E-state index contributed by atoms with van der Waals surface area (Å²) in [5.74, 6) is 0. The van der Waals surface area contributed by atoms with Crippen molar-refractivity contribution in [1.82, 2.24) is 0 Å². The van der Waals surface area contributed by atoms with E-state index in [0.29, 0.717) is 0 Å². The van der Waals surface area contributed by atoms with Crippen molar-refractivity contribution in [1.29, 1.82) is 0 Å². The summed E-state index contributed by atoms with van der Waals surface area (Å²) in [6.07, 6.45) is 1.57. The Bertz CT molecular complexity index is 174. The summed E-state index contributed by atoms with van der Waals surface area (Å²) in [6.45, 7) is 13.6. The van der Waals surface area contributed by atoms with Crippen molar-refractivity contribution in [2.75, 3.05) is 0 Å². The lowest BCUT2D eigenvalue weighted by molar-refractivity contribution is 0.602. The van der Waals surface area contributed by atoms with Gasteiger partial charge in [-0.05, 0) is 5.41 Å². The van der Waals surface area contributed by atoms with E-state index in [9.17, 15) is 0 Å². The number of thioether (sulfide) groups is 1. The molecule has 0 aliphatic carbocycles. The van der Waals surface area contributed by atoms with Crippen LogP contribution in [0.2, 0.25) is 0 Å². The monoisotopic (exact) mass is 169 g/mol. The minimum Gasteiger partial charge on any atom is -0.254 e. The Balaban J connectivity index is 4.46. The van der Waals surface area contributed by atoms with E-state index in [1.54, 1.807) is 23.4 Å². The van der Waals surface area contributed by atoms with E-state index in [1.807, 2.05) is 0 Å². The molecule has 0 aromatic carbocycles. The van der Waals surface area contributed by atoms with Gasteiger partial charge in [0.15, 0.2) is 0 Å². The molecule has 0 spiro atoms. The average Bonchev–Trinajstić information content (AvgIpc) is 1.85. The first-order chi connectivity index (χ1) is 5.02. The molecule has 0 N–H and O–H groups in total. The van der Waals surface area contributed by atoms with Gasteiger partial charge in [-0.2, -0.15) is 0 Å². The van der Waals surface area contributed by atoms with Crippen LogP contribution >= 0.6 is 11.8 Å². The molecule has 2 heteroatoms. The molecular formula is C9H15NS. The molecule has 0 amide bonds. The Morgan fingerprint density at radius 2 is 1.91 bits per heavy atom. The summed E-state index contributed by atoms with van der Waals surface area (Å²) in [6, 6.07) is 0. The highest BCUT2D eigenvalue weighted by atomic mass is 32.2. The molecule has 0 atom stereocenters. The fourth-order valence-electron chi connectivity index (χ4n) is 0.563. The molecule has 0 unspecified atom stereocenters. The number of aliphatic imine (C=N–C) groups is 1. The average molecular weight is 169 g/mol. The molecule has 11 heavy (non-hydrogen) atoms. The van der Waals surface area contributed by atoms with E-state index >= 15 is 0 Å². The molecule has 0 aromatic rings. The van der Waals surface area contributed by atoms with Crippen molar-refractivity contribution in [2.45, 2.75) is 20.8 Å². The van der Waals surface area contributed by atoms with Crippen LogP contribution in [0.5, 0.6) is 0 Å². The third kappa shape index (κ3) is 4.04. The summed E-state index contributed by atoms with van der Waals surface area (Å²) < 4.78 is 0. The van der Waals surface area contributed by atoms with Crippen LogP contribution in [0.4, 0.5) is 0 Å². The zero-order valence-electron chi connectivity index (χ0n) is 7.42. The summed E-state index contributed by atoms with van der Waals surface area (Å²) in [5.41, 5.74) is 0.0903. The van der Waals surface area contributed by atoms with Crippen LogP contribution in [0, 0.1) is 5.41 Å². The lowest BCUT2D eigenvalue weighted by Crippen LogP contribution is -2.15. The minimum atomic E-state index is 0.0903. The summed E-state index contributed by atoms with van der Waals surface area (Å²) >= 11 is 1.55. The number of rotatable bonds is 2. The Kier molecular flexibility index (Phi) is 4.19. The number of hydrogen-bond donors (Lipinski definition) is 0. The van der Waals surface area contributed by atoms with Gasteiger partial charge in [0.2, 0.25) is 0 Å². The lowest BCUT2D eigenvalue weighted by atomic mass is 9.99. The summed E-state index contributed by atoms with van der Waals surface area (Å²) in [7, 11) is 0. The fraction of sp³-hybridized carbons (Fsp3) is 0.444. The van der Waals surface area contributed by atoms with Gasteiger partial charge in [0, 0.05) is 11.6 Å². The third-order valence-electron chi connectivity index (χ3n) is 1.05. The van der Waals surface area contributed by atoms with Gasteiger partial charge in [-0.1, -0.05) is 45.7 Å². The number of hydrogen-bond acceptors (Lipinski definition) is 2. The van der Waals surface area contributed by atoms with Gasteiger partial charge >= 0.3 is 0 Å². The van der Waals surface area contributed by atoms with Gasteiger partial charge in [0.25, 0.3) is 0 Å². The maximum Gasteiger partial charge on any atom is 0.0826 e. The Hall–Kier alpha value is -0.500. The van der Waals surface area contributed by atoms with E-state index in [2.05, 4.69) is 38.9 Å². The van der Waals surface area contributed by atoms with E-state index in [4.69, 9.17) is 0 Å². The van der Waals surface area contributed by atoms with E-state index in [0.717, 1.165) is 5.04 Å². The second kappa shape index (κ2) is 4.39. The molecule has 0 aromatic heterocycles. The molecule has 0 fully saturated rings. The first kappa shape index (κ1) is 10.5. The molecule has 0 rings (SSSR count). The van der Waals surface area contributed by atoms with Crippen molar-refractivity contribution in [3.8, 4) is 0 Å². The standard InChI is InChI=1S/C9H15NS/c1-6-10-8(11-7-2)9(3,4)5/h6-7H,1-2H2,3-5H3/b10-8-. The highest BCUT2D eigenvalue weighted by Gasteiger charge is 2.17. The second-order valence-corrected chi connectivity index (χ2v) is 4.11. The molecule has 0 bridgehead atoms. The quantitative estimate of drug-likeness (QED) is 0.455. The molecule has 0 saturated carbocycles. The molecule has 0 aliphatic heterocycles. The molecule has 1 nitrogen and oxygen atoms in total. The predicted octanol–water partition coefficient (Wildman–Crippen LogP) is 3.45.